The molecule has 0 aromatic rings. The Balaban J connectivity index is 4.12. The molecule has 0 bridgehead atoms. The van der Waals surface area contributed by atoms with Crippen molar-refractivity contribution in [2.24, 2.45) is 0 Å². The molecule has 0 aliphatic heterocycles. The third-order valence-corrected chi connectivity index (χ3v) is 16.5. The minimum absolute atomic E-state index is 0.0435. The van der Waals surface area contributed by atoms with Crippen molar-refractivity contribution >= 4 is 19.8 Å². The van der Waals surface area contributed by atoms with Crippen molar-refractivity contribution in [3.05, 3.63) is 158 Å². The number of carbonyl (C=O) groups is 2. The first kappa shape index (κ1) is 87.6. The van der Waals surface area contributed by atoms with Gasteiger partial charge in [-0.1, -0.05) is 313 Å². The molecule has 2 atom stereocenters. The number of ether oxygens (including phenoxy) is 2. The Hall–Kier alpha value is -4.37. The van der Waals surface area contributed by atoms with E-state index >= 15 is 0 Å². The third-order valence-electron chi connectivity index (χ3n) is 15.5. The van der Waals surface area contributed by atoms with Crippen LogP contribution in [0.15, 0.2) is 158 Å². The summed E-state index contributed by atoms with van der Waals surface area (Å²) in [5, 5.41) is 0. The number of phosphoric acid groups is 1. The summed E-state index contributed by atoms with van der Waals surface area (Å²) >= 11 is 0. The van der Waals surface area contributed by atoms with Crippen molar-refractivity contribution in [3.8, 4) is 0 Å². The van der Waals surface area contributed by atoms with Crippen molar-refractivity contribution < 1.29 is 42.1 Å². The van der Waals surface area contributed by atoms with Gasteiger partial charge in [0, 0.05) is 12.8 Å². The van der Waals surface area contributed by atoms with Gasteiger partial charge in [-0.15, -0.1) is 0 Å². The highest BCUT2D eigenvalue weighted by Gasteiger charge is 2.22. The van der Waals surface area contributed by atoms with Gasteiger partial charge >= 0.3 is 11.9 Å². The second kappa shape index (κ2) is 70.9. The smallest absolute Gasteiger partial charge is 0.306 e. The molecule has 0 aromatic carbocycles. The van der Waals surface area contributed by atoms with Crippen molar-refractivity contribution in [2.45, 2.75) is 302 Å². The van der Waals surface area contributed by atoms with Crippen LogP contribution in [0.25, 0.3) is 0 Å². The average molecular weight is 1300 g/mol. The maximum absolute atomic E-state index is 12.9. The van der Waals surface area contributed by atoms with E-state index in [0.29, 0.717) is 17.4 Å². The lowest BCUT2D eigenvalue weighted by atomic mass is 10.0. The number of allylic oxidation sites excluding steroid dienone is 26. The fourth-order valence-corrected chi connectivity index (χ4v) is 10.6. The quantitative estimate of drug-likeness (QED) is 0.0195. The number of carbonyl (C=O) groups excluding carboxylic acids is 2. The highest BCUT2D eigenvalue weighted by atomic mass is 31.2. The second-order valence-corrected chi connectivity index (χ2v) is 27.0. The minimum atomic E-state index is -4.66. The summed E-state index contributed by atoms with van der Waals surface area (Å²) in [7, 11) is 1.13. The van der Waals surface area contributed by atoms with Crippen LogP contribution >= 0.6 is 7.82 Å². The first-order chi connectivity index (χ1) is 45.0. The fourth-order valence-electron chi connectivity index (χ4n) is 9.87. The lowest BCUT2D eigenvalue weighted by Gasteiger charge is -2.28. The van der Waals surface area contributed by atoms with E-state index in [-0.39, 0.29) is 26.1 Å². The Morgan fingerprint density at radius 2 is 0.620 bits per heavy atom. The van der Waals surface area contributed by atoms with Gasteiger partial charge in [0.2, 0.25) is 0 Å². The number of nitrogens with zero attached hydrogens (tertiary/aromatic N) is 1. The molecule has 10 heteroatoms. The molecule has 0 spiro atoms. The predicted molar refractivity (Wildman–Crippen MR) is 397 cm³/mol. The van der Waals surface area contributed by atoms with Crippen LogP contribution in [0, 0.1) is 0 Å². The summed E-state index contributed by atoms with van der Waals surface area (Å²) in [4.78, 5) is 38.1. The molecule has 0 saturated heterocycles. The van der Waals surface area contributed by atoms with Gasteiger partial charge in [-0.3, -0.25) is 14.2 Å². The first-order valence-electron chi connectivity index (χ1n) is 37.2. The van der Waals surface area contributed by atoms with Crippen molar-refractivity contribution in [2.75, 3.05) is 47.5 Å². The van der Waals surface area contributed by atoms with Gasteiger partial charge in [0.1, 0.15) is 19.8 Å². The lowest BCUT2D eigenvalue weighted by Crippen LogP contribution is -2.37. The number of hydrogen-bond acceptors (Lipinski definition) is 8. The van der Waals surface area contributed by atoms with Crippen molar-refractivity contribution in [3.63, 3.8) is 0 Å². The topological polar surface area (TPSA) is 111 Å². The van der Waals surface area contributed by atoms with Crippen LogP contribution in [0.1, 0.15) is 296 Å². The van der Waals surface area contributed by atoms with E-state index < -0.39 is 32.5 Å². The molecule has 524 valence electrons. The van der Waals surface area contributed by atoms with Gasteiger partial charge in [-0.05, 0) is 128 Å². The van der Waals surface area contributed by atoms with Gasteiger partial charge in [-0.25, -0.2) is 0 Å². The first-order valence-corrected chi connectivity index (χ1v) is 38.7. The number of esters is 2. The molecular weight excluding hydrogens is 1160 g/mol. The average Bonchev–Trinajstić information content (AvgIpc) is 2.14. The van der Waals surface area contributed by atoms with Crippen molar-refractivity contribution in [1.29, 1.82) is 0 Å². The Morgan fingerprint density at radius 1 is 0.348 bits per heavy atom. The molecule has 0 aliphatic carbocycles. The molecule has 0 rings (SSSR count). The lowest BCUT2D eigenvalue weighted by molar-refractivity contribution is -0.870. The number of hydrogen-bond donors (Lipinski definition) is 0. The zero-order chi connectivity index (χ0) is 66.9. The van der Waals surface area contributed by atoms with E-state index in [9.17, 15) is 19.0 Å². The largest absolute Gasteiger partial charge is 0.756 e. The van der Waals surface area contributed by atoms with Crippen LogP contribution < -0.4 is 4.89 Å². The van der Waals surface area contributed by atoms with Gasteiger partial charge in [-0.2, -0.15) is 0 Å². The van der Waals surface area contributed by atoms with Crippen LogP contribution in [0.3, 0.4) is 0 Å². The van der Waals surface area contributed by atoms with Crippen LogP contribution in [0.2, 0.25) is 0 Å². The molecule has 0 N–H and O–H groups in total. The van der Waals surface area contributed by atoms with E-state index in [4.69, 9.17) is 18.5 Å². The Bertz CT molecular complexity index is 2110. The minimum Gasteiger partial charge on any atom is -0.756 e. The van der Waals surface area contributed by atoms with E-state index in [1.807, 2.05) is 21.1 Å². The molecule has 9 nitrogen and oxygen atoms in total. The SMILES string of the molecule is CC/C=C\C/C=C\C/C=C\C/C=C\C/C=C\C/C=C\C/C=C\C/C=C\C/C=C\C/C=C\CCCCCCC(=O)OC(COC(=O)CCCCCCCCCCCCCCCCCCCC/C=C\C/C=C\C/C=C\CCCCCCC)COP(=O)([O-])OCC[N+](C)(C)C. The number of unbranched alkanes of at least 4 members (excludes halogenated alkanes) is 27. The van der Waals surface area contributed by atoms with E-state index in [1.54, 1.807) is 0 Å². The zero-order valence-electron chi connectivity index (χ0n) is 59.7. The third kappa shape index (κ3) is 74.7. The number of likely N-dealkylation sites (N-methyl/N-ethyl adjacent to an activating group) is 1. The monoisotopic (exact) mass is 1300 g/mol. The Morgan fingerprint density at radius 3 is 0.924 bits per heavy atom. The molecule has 0 aliphatic rings. The number of quaternary nitrogens is 1. The molecule has 2 unspecified atom stereocenters. The fraction of sp³-hybridized carbons (Fsp3) is 0.659. The standard InChI is InChI=1S/C82H138NO8P/c1-6-8-10-12-14-16-18-20-22-24-26-28-30-32-34-36-38-40-41-43-45-47-49-51-53-55-57-59-61-63-65-67-69-71-73-75-82(85)91-80(79-90-92(86,87)89-77-76-83(3,4)5)78-88-81(84)74-72-70-68-66-64-62-60-58-56-54-52-50-48-46-44-42-39-37-35-33-31-29-27-25-23-21-19-17-15-13-11-9-7-2/h8,10,14,16,19-22,25-28,31-34,38,40,43,45,49,51,55,57,61,63,80H,6-7,9,11-13,15,17-18,23-24,29-30,35-37,39,41-42,44,46-48,50,52-54,56,58-60,62,64-79H2,1-5H3/b10-8-,16-14-,21-19-,22-20-,27-25-,28-26-,33-31-,34-32-,40-38-,45-43-,51-49-,57-55-,63-61-. The molecule has 0 radical (unpaired) electrons. The summed E-state index contributed by atoms with van der Waals surface area (Å²) in [6.07, 6.45) is 106. The second-order valence-electron chi connectivity index (χ2n) is 25.6. The normalized spacial score (nSPS) is 14.0. The summed E-state index contributed by atoms with van der Waals surface area (Å²) in [6, 6.07) is 0. The van der Waals surface area contributed by atoms with Gasteiger partial charge in [0.05, 0.1) is 27.7 Å². The zero-order valence-corrected chi connectivity index (χ0v) is 60.6. The van der Waals surface area contributed by atoms with E-state index in [2.05, 4.69) is 172 Å². The van der Waals surface area contributed by atoms with Crippen LogP contribution in [0.5, 0.6) is 0 Å². The van der Waals surface area contributed by atoms with Gasteiger partial charge < -0.3 is 27.9 Å². The highest BCUT2D eigenvalue weighted by Crippen LogP contribution is 2.38. The maximum atomic E-state index is 12.9. The highest BCUT2D eigenvalue weighted by molar-refractivity contribution is 7.45. The predicted octanol–water partition coefficient (Wildman–Crippen LogP) is 24.1. The Labute approximate surface area is 566 Å². The summed E-state index contributed by atoms with van der Waals surface area (Å²) in [5.74, 6) is -0.865. The van der Waals surface area contributed by atoms with E-state index in [1.165, 1.54) is 141 Å². The molecular formula is C82H138NO8P. The van der Waals surface area contributed by atoms with E-state index in [0.717, 1.165) is 122 Å². The van der Waals surface area contributed by atoms with Gasteiger partial charge in [0.25, 0.3) is 7.82 Å². The molecule has 0 aromatic heterocycles. The van der Waals surface area contributed by atoms with Crippen LogP contribution in [0.4, 0.5) is 0 Å². The van der Waals surface area contributed by atoms with Crippen LogP contribution in [-0.4, -0.2) is 70.0 Å². The number of rotatable bonds is 67. The summed E-state index contributed by atoms with van der Waals surface area (Å²) in [6.45, 7) is 4.09. The maximum Gasteiger partial charge on any atom is 0.306 e. The number of phosphoric ester groups is 1. The van der Waals surface area contributed by atoms with Crippen LogP contribution in [-0.2, 0) is 32.7 Å². The molecule has 0 saturated carbocycles. The van der Waals surface area contributed by atoms with Gasteiger partial charge in [0.15, 0.2) is 6.10 Å². The summed E-state index contributed by atoms with van der Waals surface area (Å²) in [5.41, 5.74) is 0. The molecule has 0 heterocycles. The summed E-state index contributed by atoms with van der Waals surface area (Å²) < 4.78 is 34.3. The molecule has 0 fully saturated rings. The Kier molecular flexibility index (Phi) is 67.6. The molecule has 92 heavy (non-hydrogen) atoms. The van der Waals surface area contributed by atoms with Crippen molar-refractivity contribution in [1.82, 2.24) is 0 Å². The molecule has 0 amide bonds.